The number of nitrogens with one attached hydrogen (secondary N) is 4. The molecular weight excluding hydrogens is 1660 g/mol. The predicted octanol–water partition coefficient (Wildman–Crippen LogP) is 12.3. The molecule has 14 heterocycles. The summed E-state index contributed by atoms with van der Waals surface area (Å²) in [4.78, 5) is 78.7. The fourth-order valence-electron chi connectivity index (χ4n) is 13.5. The zero-order valence-electron chi connectivity index (χ0n) is 72.1. The lowest BCUT2D eigenvalue weighted by atomic mass is 10.2. The van der Waals surface area contributed by atoms with Crippen LogP contribution in [-0.2, 0) is 31.8 Å². The molecule has 4 fully saturated rings. The third-order valence-corrected chi connectivity index (χ3v) is 19.9. The summed E-state index contributed by atoms with van der Waals surface area (Å²) in [5.41, 5.74) is 16.2. The van der Waals surface area contributed by atoms with Crippen LogP contribution < -0.4 is 68.5 Å². The normalized spacial score (nSPS) is 14.0. The Morgan fingerprint density at radius 2 is 0.754 bits per heavy atom. The molecule has 0 radical (unpaired) electrons. The van der Waals surface area contributed by atoms with Crippen LogP contribution in [0, 0.1) is 13.8 Å². The number of benzene rings is 4. The van der Waals surface area contributed by atoms with Gasteiger partial charge in [-0.1, -0.05) is 119 Å². The van der Waals surface area contributed by atoms with Crippen LogP contribution in [0.25, 0.3) is 21.8 Å². The number of hydrogen-bond acceptors (Lipinski definition) is 34. The molecule has 4 aliphatic rings. The molecule has 0 saturated carbocycles. The number of aromatic nitrogens is 14. The van der Waals surface area contributed by atoms with Gasteiger partial charge in [-0.05, 0) is 85.6 Å². The standard InChI is InChI=1S/C24H25N7O3.C24H24N6O3.C23H26N6O3.C23H25N5O3/c1-2-6-21-20(5-1)18(15-26-21)16-27-30-22-14-23(31-8-10-32-11-9-31)29-24(28-22)34-13-12-33-19-4-3-7-25-17-19;1-2-7-21-20(6-1)18(16-26-21)17-27-33-23-15-22(30-10-13-31-14-11-30)28-24(29-23)32-12-8-19-5-3-4-9-25-19;1-18-4-2-5-19(14-18)16-25-28-21-15-22(29-8-10-30-11-9-29)27-23(26-21)32-13-12-31-20-6-3-7-24-17-20;1-18-5-4-6-19(15-18)17-25-31-22-16-21(28-10-13-29-14-11-28)26-23(27-22)30-12-8-20-7-2-3-9-24-20/h1-7,14-17,26H,8-13H2,(H,28,29,30);1-7,9,15-17,26H,8,10-14H2;2-7,14-17H,8-13H2,1H3,(H,26,27,28);2-7,9,15-17H,8,10-14H2,1H3/b27-16+;27-17+;25-16+;25-17+. The molecule has 10 aromatic heterocycles. The van der Waals surface area contributed by atoms with E-state index in [4.69, 9.17) is 57.0 Å². The van der Waals surface area contributed by atoms with E-state index in [0.717, 1.165) is 137 Å². The molecule has 0 aliphatic carbocycles. The Labute approximate surface area is 750 Å². The van der Waals surface area contributed by atoms with Gasteiger partial charge in [-0.15, -0.1) is 0 Å². The number of nitrogens with zero attached hydrogens (tertiary/aromatic N) is 20. The predicted molar refractivity (Wildman–Crippen MR) is 495 cm³/mol. The molecule has 0 atom stereocenters. The fourth-order valence-corrected chi connectivity index (χ4v) is 13.5. The molecule has 36 nitrogen and oxygen atoms in total. The highest BCUT2D eigenvalue weighted by atomic mass is 16.6. The molecular formula is C94H100N24O12. The second-order valence-electron chi connectivity index (χ2n) is 29.3. The smallest absolute Gasteiger partial charge is 0.321 e. The first-order chi connectivity index (χ1) is 64.2. The van der Waals surface area contributed by atoms with Crippen molar-refractivity contribution >= 4 is 81.6 Å². The fraction of sp³-hybridized carbons (Fsp3) is 0.277. The molecule has 36 heteroatoms. The van der Waals surface area contributed by atoms with Crippen LogP contribution in [0.15, 0.2) is 252 Å². The van der Waals surface area contributed by atoms with Crippen molar-refractivity contribution in [1.82, 2.24) is 69.8 Å². The number of H-pyrrole nitrogens is 2. The van der Waals surface area contributed by atoms with Crippen molar-refractivity contribution < 1.29 is 57.0 Å². The van der Waals surface area contributed by atoms with Gasteiger partial charge in [0.05, 0.1) is 103 Å². The highest BCUT2D eigenvalue weighted by Crippen LogP contribution is 2.28. The van der Waals surface area contributed by atoms with Crippen molar-refractivity contribution in [3.63, 3.8) is 0 Å². The molecule has 130 heavy (non-hydrogen) atoms. The summed E-state index contributed by atoms with van der Waals surface area (Å²) >= 11 is 0. The van der Waals surface area contributed by atoms with Gasteiger partial charge in [0.1, 0.15) is 61.2 Å². The third kappa shape index (κ3) is 28.3. The second-order valence-corrected chi connectivity index (χ2v) is 29.3. The van der Waals surface area contributed by atoms with Crippen molar-refractivity contribution in [2.75, 3.05) is 175 Å². The van der Waals surface area contributed by atoms with Crippen LogP contribution in [0.5, 0.6) is 47.3 Å². The number of para-hydroxylation sites is 2. The maximum Gasteiger partial charge on any atom is 0.321 e. The summed E-state index contributed by atoms with van der Waals surface area (Å²) in [7, 11) is 0. The Kier molecular flexibility index (Phi) is 33.3. The van der Waals surface area contributed by atoms with Gasteiger partial charge in [-0.2, -0.15) is 50.1 Å². The van der Waals surface area contributed by atoms with E-state index in [-0.39, 0.29) is 24.0 Å². The van der Waals surface area contributed by atoms with Gasteiger partial charge in [-0.3, -0.25) is 30.8 Å². The van der Waals surface area contributed by atoms with Crippen LogP contribution in [0.3, 0.4) is 0 Å². The van der Waals surface area contributed by atoms with Gasteiger partial charge in [0.2, 0.25) is 0 Å². The van der Waals surface area contributed by atoms with E-state index in [0.29, 0.717) is 140 Å². The van der Waals surface area contributed by atoms with E-state index in [2.05, 4.69) is 127 Å². The highest BCUT2D eigenvalue weighted by Gasteiger charge is 2.22. The Morgan fingerprint density at radius 1 is 0.362 bits per heavy atom. The summed E-state index contributed by atoms with van der Waals surface area (Å²) < 4.78 is 56.3. The molecule has 18 rings (SSSR count). The van der Waals surface area contributed by atoms with E-state index in [1.165, 1.54) is 5.56 Å². The summed E-state index contributed by atoms with van der Waals surface area (Å²) in [6, 6.07) is 59.4. The SMILES string of the molecule is C(=N\Nc1cc(N2CCOCC2)nc(OCCOc2cccnc2)n1)/c1c[nH]c2ccccc12.C(=N\Oc1cc(N2CCOCC2)nc(OCCc2ccccn2)n1)/c1c[nH]c2ccccc12.Cc1cccc(/C=N/Nc2cc(N3CCOCC3)nc(OCCOc3cccnc3)n2)c1.Cc1cccc(/C=N/Oc2cc(N3CCOCC3)nc(OCCc3ccccn3)n2)c1. The minimum absolute atomic E-state index is 0.243. The monoisotopic (exact) mass is 1760 g/mol. The van der Waals surface area contributed by atoms with Crippen LogP contribution in [0.2, 0.25) is 0 Å². The quantitative estimate of drug-likeness (QED) is 0.0165. The number of morpholine rings is 4. The van der Waals surface area contributed by atoms with E-state index in [1.807, 2.05) is 190 Å². The van der Waals surface area contributed by atoms with Crippen molar-refractivity contribution in [1.29, 1.82) is 0 Å². The van der Waals surface area contributed by atoms with E-state index in [1.54, 1.807) is 74.2 Å². The molecule has 0 bridgehead atoms. The van der Waals surface area contributed by atoms with Crippen molar-refractivity contribution in [3.8, 4) is 47.3 Å². The second kappa shape index (κ2) is 48.3. The number of hydrogen-bond donors (Lipinski definition) is 4. The van der Waals surface area contributed by atoms with Crippen molar-refractivity contribution in [3.05, 3.63) is 276 Å². The minimum Gasteiger partial charge on any atom is -0.488 e. The lowest BCUT2D eigenvalue weighted by Gasteiger charge is -2.28. The molecule has 668 valence electrons. The Hall–Kier alpha value is -15.4. The van der Waals surface area contributed by atoms with Crippen LogP contribution in [0.4, 0.5) is 34.9 Å². The Morgan fingerprint density at radius 3 is 1.18 bits per heavy atom. The molecule has 0 amide bonds. The number of ether oxygens (including phenoxy) is 10. The zero-order valence-corrected chi connectivity index (χ0v) is 72.1. The van der Waals surface area contributed by atoms with Gasteiger partial charge in [0, 0.05) is 171 Å². The Bertz CT molecular complexity index is 5930. The first-order valence-corrected chi connectivity index (χ1v) is 42.7. The zero-order chi connectivity index (χ0) is 88.6. The average Bonchev–Trinajstić information content (AvgIpc) is 1.62. The van der Waals surface area contributed by atoms with Gasteiger partial charge >= 0.3 is 24.0 Å². The molecule has 4 saturated heterocycles. The molecule has 0 unspecified atom stereocenters. The van der Waals surface area contributed by atoms with Crippen LogP contribution in [0.1, 0.15) is 44.8 Å². The molecule has 4 aliphatic heterocycles. The number of rotatable bonds is 34. The summed E-state index contributed by atoms with van der Waals surface area (Å²) in [6.45, 7) is 17.4. The molecule has 4 N–H and O–H groups in total. The number of aromatic amines is 2. The summed E-state index contributed by atoms with van der Waals surface area (Å²) in [6.07, 6.45) is 22.2. The molecule has 4 aromatic carbocycles. The van der Waals surface area contributed by atoms with Crippen LogP contribution >= 0.6 is 0 Å². The number of fused-ring (bicyclic) bond motifs is 2. The van der Waals surface area contributed by atoms with E-state index >= 15 is 0 Å². The maximum atomic E-state index is 5.83. The van der Waals surface area contributed by atoms with Gasteiger partial charge in [0.15, 0.2) is 11.6 Å². The van der Waals surface area contributed by atoms with Crippen molar-refractivity contribution in [2.45, 2.75) is 26.7 Å². The van der Waals surface area contributed by atoms with Gasteiger partial charge < -0.3 is 86.6 Å². The minimum atomic E-state index is 0.243. The largest absolute Gasteiger partial charge is 0.488 e. The first kappa shape index (κ1) is 89.4. The highest BCUT2D eigenvalue weighted by molar-refractivity contribution is 6.00. The van der Waals surface area contributed by atoms with Gasteiger partial charge in [-0.25, -0.2) is 0 Å². The van der Waals surface area contributed by atoms with Crippen molar-refractivity contribution in [2.24, 2.45) is 20.5 Å². The van der Waals surface area contributed by atoms with Gasteiger partial charge in [0.25, 0.3) is 11.8 Å². The topological polar surface area (TPSA) is 383 Å². The first-order valence-electron chi connectivity index (χ1n) is 42.7. The third-order valence-electron chi connectivity index (χ3n) is 19.9. The number of pyridine rings is 4. The van der Waals surface area contributed by atoms with Crippen LogP contribution in [-0.4, -0.2) is 239 Å². The van der Waals surface area contributed by atoms with E-state index < -0.39 is 0 Å². The average molecular weight is 1760 g/mol. The number of aryl methyl sites for hydroxylation is 2. The molecule has 14 aromatic rings. The summed E-state index contributed by atoms with van der Waals surface area (Å²) in [5.74, 6) is 6.07. The summed E-state index contributed by atoms with van der Waals surface area (Å²) in [5, 5.41) is 19.1. The maximum absolute atomic E-state index is 5.83. The number of anilines is 6. The lowest BCUT2D eigenvalue weighted by Crippen LogP contribution is -2.36. The number of oxime groups is 2. The number of hydrazone groups is 2. The van der Waals surface area contributed by atoms with E-state index in [9.17, 15) is 0 Å². The molecule has 0 spiro atoms. The lowest BCUT2D eigenvalue weighted by molar-refractivity contribution is 0.122. The Balaban J connectivity index is 0.000000133.